The summed E-state index contributed by atoms with van der Waals surface area (Å²) in [4.78, 5) is 30.6. The largest absolute Gasteiger partial charge is 0.492 e. The first-order valence-electron chi connectivity index (χ1n) is 9.48. The van der Waals surface area contributed by atoms with E-state index >= 15 is 4.39 Å². The lowest BCUT2D eigenvalue weighted by atomic mass is 9.66. The predicted octanol–water partition coefficient (Wildman–Crippen LogP) is 0.688. The van der Waals surface area contributed by atoms with Gasteiger partial charge >= 0.3 is 5.97 Å². The maximum absolute atomic E-state index is 15.6. The number of hydrogen-bond acceptors (Lipinski definition) is 6. The molecule has 6 atom stereocenters. The Kier molecular flexibility index (Phi) is 4.50. The Morgan fingerprint density at radius 1 is 1.26 bits per heavy atom. The first-order valence-corrected chi connectivity index (χ1v) is 9.48. The number of aliphatic carboxylic acids is 1. The van der Waals surface area contributed by atoms with E-state index in [9.17, 15) is 14.7 Å². The molecule has 4 aliphatic rings. The van der Waals surface area contributed by atoms with E-state index in [1.165, 1.54) is 6.20 Å². The number of likely N-dealkylation sites (N-methyl/N-ethyl adjacent to an activating group) is 1. The fourth-order valence-corrected chi connectivity index (χ4v) is 5.03. The molecule has 8 heteroatoms. The van der Waals surface area contributed by atoms with Crippen LogP contribution in [0, 0.1) is 11.8 Å². The quantitative estimate of drug-likeness (QED) is 0.708. The van der Waals surface area contributed by atoms with E-state index in [1.54, 1.807) is 13.2 Å². The van der Waals surface area contributed by atoms with Crippen molar-refractivity contribution in [2.24, 2.45) is 11.8 Å². The number of nitrogens with zero attached hydrogens (tertiary/aromatic N) is 3. The van der Waals surface area contributed by atoms with Crippen LogP contribution in [0.5, 0.6) is 0 Å². The van der Waals surface area contributed by atoms with Crippen LogP contribution in [0.1, 0.15) is 13.8 Å². The highest BCUT2D eigenvalue weighted by Crippen LogP contribution is 2.46. The summed E-state index contributed by atoms with van der Waals surface area (Å²) >= 11 is 0. The van der Waals surface area contributed by atoms with Crippen LogP contribution in [0.4, 0.5) is 4.39 Å². The molecule has 0 radical (unpaired) electrons. The summed E-state index contributed by atoms with van der Waals surface area (Å²) in [5, 5.41) is 9.44. The van der Waals surface area contributed by atoms with Gasteiger partial charge in [-0.15, -0.1) is 0 Å². The number of piperazine rings is 1. The third-order valence-corrected chi connectivity index (χ3v) is 6.59. The molecule has 0 amide bonds. The van der Waals surface area contributed by atoms with E-state index in [4.69, 9.17) is 4.74 Å². The lowest BCUT2D eigenvalue weighted by Crippen LogP contribution is -2.71. The van der Waals surface area contributed by atoms with E-state index in [1.807, 2.05) is 18.9 Å². The highest BCUT2D eigenvalue weighted by atomic mass is 19.1. The second-order valence-electron chi connectivity index (χ2n) is 8.13. The average molecular weight is 379 g/mol. The molecule has 1 aliphatic carbocycles. The number of rotatable bonds is 2. The number of carboxylic acids is 1. The standard InChI is InChI=1S/C19H26FN3O4/c1-10-9-27-18-15-13(17(24)12(19(25)26)8-23(10)15)11(2)14(20)16(18)22-6-4-21(3)5-7-22/h8-9,11,13-16,18H,4-7H2,1-3H3,(H,25,26). The third kappa shape index (κ3) is 2.77. The molecule has 3 aliphatic heterocycles. The molecular formula is C19H26FN3O4. The molecule has 0 aromatic rings. The normalized spacial score (nSPS) is 40.0. The van der Waals surface area contributed by atoms with E-state index in [0.717, 1.165) is 31.9 Å². The summed E-state index contributed by atoms with van der Waals surface area (Å²) in [5.41, 5.74) is 0.455. The maximum Gasteiger partial charge on any atom is 0.340 e. The minimum atomic E-state index is -1.27. The Balaban J connectivity index is 1.74. The van der Waals surface area contributed by atoms with Crippen LogP contribution >= 0.6 is 0 Å². The van der Waals surface area contributed by atoms with Crippen molar-refractivity contribution in [2.75, 3.05) is 33.2 Å². The molecule has 4 rings (SSSR count). The Bertz CT molecular complexity index is 716. The van der Waals surface area contributed by atoms with E-state index in [-0.39, 0.29) is 11.6 Å². The molecule has 0 aromatic carbocycles. The van der Waals surface area contributed by atoms with Crippen molar-refractivity contribution in [3.63, 3.8) is 0 Å². The number of carbonyl (C=O) groups excluding carboxylic acids is 1. The zero-order valence-electron chi connectivity index (χ0n) is 15.8. The van der Waals surface area contributed by atoms with Crippen LogP contribution in [0.2, 0.25) is 0 Å². The molecule has 1 N–H and O–H groups in total. The van der Waals surface area contributed by atoms with Gasteiger partial charge in [-0.25, -0.2) is 9.18 Å². The predicted molar refractivity (Wildman–Crippen MR) is 95.4 cm³/mol. The lowest BCUT2D eigenvalue weighted by Gasteiger charge is -2.56. The van der Waals surface area contributed by atoms with Gasteiger partial charge in [-0.2, -0.15) is 0 Å². The van der Waals surface area contributed by atoms with Crippen LogP contribution < -0.4 is 0 Å². The van der Waals surface area contributed by atoms with Crippen molar-refractivity contribution in [1.82, 2.24) is 14.7 Å². The molecule has 3 heterocycles. The summed E-state index contributed by atoms with van der Waals surface area (Å²) in [6, 6.07) is -0.827. The van der Waals surface area contributed by atoms with Crippen molar-refractivity contribution < 1.29 is 23.8 Å². The van der Waals surface area contributed by atoms with Gasteiger partial charge < -0.3 is 19.6 Å². The molecule has 148 valence electrons. The number of ether oxygens (including phenoxy) is 1. The number of carbonyl (C=O) groups is 2. The second-order valence-corrected chi connectivity index (χ2v) is 8.13. The number of hydrogen-bond donors (Lipinski definition) is 1. The smallest absolute Gasteiger partial charge is 0.340 e. The highest BCUT2D eigenvalue weighted by molar-refractivity contribution is 6.18. The van der Waals surface area contributed by atoms with Gasteiger partial charge in [0.25, 0.3) is 0 Å². The van der Waals surface area contributed by atoms with E-state index < -0.39 is 41.9 Å². The molecule has 0 bridgehead atoms. The van der Waals surface area contributed by atoms with Crippen molar-refractivity contribution in [3.05, 3.63) is 23.7 Å². The van der Waals surface area contributed by atoms with Crippen LogP contribution in [-0.2, 0) is 14.3 Å². The van der Waals surface area contributed by atoms with Crippen LogP contribution in [0.25, 0.3) is 0 Å². The Morgan fingerprint density at radius 2 is 1.93 bits per heavy atom. The molecular weight excluding hydrogens is 353 g/mol. The Labute approximate surface area is 158 Å². The SMILES string of the molecule is CC1=COC2C(N3CCN(C)CC3)C(F)C(C)C3C(=O)C(C(=O)O)=CN1C23. The van der Waals surface area contributed by atoms with E-state index in [2.05, 4.69) is 9.80 Å². The van der Waals surface area contributed by atoms with Crippen LogP contribution in [-0.4, -0.2) is 89.1 Å². The number of halogens is 1. The molecule has 1 saturated heterocycles. The van der Waals surface area contributed by atoms with Gasteiger partial charge in [-0.1, -0.05) is 6.92 Å². The third-order valence-electron chi connectivity index (χ3n) is 6.59. The van der Waals surface area contributed by atoms with Gasteiger partial charge in [0, 0.05) is 44.0 Å². The molecule has 2 fully saturated rings. The average Bonchev–Trinajstić information content (AvgIpc) is 2.63. The van der Waals surface area contributed by atoms with Gasteiger partial charge in [-0.3, -0.25) is 9.69 Å². The fraction of sp³-hybridized carbons (Fsp3) is 0.684. The fourth-order valence-electron chi connectivity index (χ4n) is 5.03. The number of Topliss-reactive ketones (excluding diaryl/α,β-unsaturated/α-hetero) is 1. The minimum Gasteiger partial charge on any atom is -0.492 e. The molecule has 0 aromatic heterocycles. The molecule has 27 heavy (non-hydrogen) atoms. The van der Waals surface area contributed by atoms with Gasteiger partial charge in [0.1, 0.15) is 24.1 Å². The summed E-state index contributed by atoms with van der Waals surface area (Å²) in [7, 11) is 2.05. The highest BCUT2D eigenvalue weighted by Gasteiger charge is 2.59. The molecule has 7 nitrogen and oxygen atoms in total. The maximum atomic E-state index is 15.6. The van der Waals surface area contributed by atoms with Gasteiger partial charge in [0.05, 0.1) is 18.0 Å². The summed E-state index contributed by atoms with van der Waals surface area (Å²) < 4.78 is 21.5. The van der Waals surface area contributed by atoms with E-state index in [0.29, 0.717) is 0 Å². The zero-order chi connectivity index (χ0) is 19.5. The van der Waals surface area contributed by atoms with Crippen LogP contribution in [0.15, 0.2) is 23.7 Å². The number of ketones is 1. The van der Waals surface area contributed by atoms with Crippen LogP contribution in [0.3, 0.4) is 0 Å². The summed E-state index contributed by atoms with van der Waals surface area (Å²) in [6.07, 6.45) is 1.20. The Hall–Kier alpha value is -1.93. The van der Waals surface area contributed by atoms with Gasteiger partial charge in [0.2, 0.25) is 0 Å². The molecule has 0 spiro atoms. The monoisotopic (exact) mass is 379 g/mol. The van der Waals surface area contributed by atoms with Crippen molar-refractivity contribution >= 4 is 11.8 Å². The minimum absolute atomic E-state index is 0.276. The lowest BCUT2D eigenvalue weighted by molar-refractivity contribution is -0.154. The second kappa shape index (κ2) is 6.60. The molecule has 6 unspecified atom stereocenters. The zero-order valence-corrected chi connectivity index (χ0v) is 15.8. The number of carboxylic acid groups (broad SMARTS) is 1. The van der Waals surface area contributed by atoms with Gasteiger partial charge in [-0.05, 0) is 14.0 Å². The topological polar surface area (TPSA) is 73.3 Å². The first kappa shape index (κ1) is 18.4. The van der Waals surface area contributed by atoms with Gasteiger partial charge in [0.15, 0.2) is 5.78 Å². The number of alkyl halides is 1. The van der Waals surface area contributed by atoms with Crippen molar-refractivity contribution in [2.45, 2.75) is 38.2 Å². The van der Waals surface area contributed by atoms with Crippen molar-refractivity contribution in [1.29, 1.82) is 0 Å². The summed E-state index contributed by atoms with van der Waals surface area (Å²) in [5.74, 6) is -3.06. The van der Waals surface area contributed by atoms with Crippen molar-refractivity contribution in [3.8, 4) is 0 Å². The number of allylic oxidation sites excluding steroid dienone is 1. The molecule has 1 saturated carbocycles. The Morgan fingerprint density at radius 3 is 2.56 bits per heavy atom. The first-order chi connectivity index (χ1) is 12.8. The summed E-state index contributed by atoms with van der Waals surface area (Å²) in [6.45, 7) is 6.76.